The molecule has 3 N–H and O–H groups in total. The molecule has 132 valence electrons. The SMILES string of the molecule is NCCOCCOCCn1[nH]nc(CN2CCS(=O)CC2)c1=O. The van der Waals surface area contributed by atoms with Crippen molar-refractivity contribution in [2.45, 2.75) is 13.1 Å². The molecule has 0 radical (unpaired) electrons. The first-order chi connectivity index (χ1) is 11.2. The second kappa shape index (κ2) is 9.93. The van der Waals surface area contributed by atoms with Crippen molar-refractivity contribution in [3.05, 3.63) is 16.0 Å². The fraction of sp³-hybridized carbons (Fsp3) is 0.846. The summed E-state index contributed by atoms with van der Waals surface area (Å²) in [6.07, 6.45) is 0. The molecule has 0 unspecified atom stereocenters. The van der Waals surface area contributed by atoms with Gasteiger partial charge in [-0.1, -0.05) is 0 Å². The Bertz CT molecular complexity index is 537. The van der Waals surface area contributed by atoms with E-state index in [1.54, 1.807) is 0 Å². The van der Waals surface area contributed by atoms with E-state index in [0.717, 1.165) is 13.1 Å². The summed E-state index contributed by atoms with van der Waals surface area (Å²) in [5.74, 6) is 1.33. The Morgan fingerprint density at radius 2 is 1.87 bits per heavy atom. The maximum atomic E-state index is 12.2. The fourth-order valence-electron chi connectivity index (χ4n) is 2.23. The lowest BCUT2D eigenvalue weighted by molar-refractivity contribution is 0.0464. The summed E-state index contributed by atoms with van der Waals surface area (Å²) in [7, 11) is -0.715. The molecule has 2 rings (SSSR count). The zero-order chi connectivity index (χ0) is 16.5. The van der Waals surface area contributed by atoms with E-state index in [1.807, 2.05) is 0 Å². The number of aromatic nitrogens is 3. The first-order valence-electron chi connectivity index (χ1n) is 7.77. The number of hydrogen-bond acceptors (Lipinski definition) is 7. The van der Waals surface area contributed by atoms with E-state index in [2.05, 4.69) is 15.2 Å². The molecule has 0 spiro atoms. The molecule has 1 aliphatic heterocycles. The van der Waals surface area contributed by atoms with Crippen LogP contribution in [0.4, 0.5) is 0 Å². The molecule has 0 aromatic carbocycles. The third-order valence-electron chi connectivity index (χ3n) is 3.53. The van der Waals surface area contributed by atoms with Gasteiger partial charge in [0.05, 0.1) is 33.0 Å². The van der Waals surface area contributed by atoms with Crippen LogP contribution in [0.1, 0.15) is 5.69 Å². The Morgan fingerprint density at radius 1 is 1.17 bits per heavy atom. The van der Waals surface area contributed by atoms with E-state index in [4.69, 9.17) is 15.2 Å². The predicted octanol–water partition coefficient (Wildman–Crippen LogP) is -1.87. The largest absolute Gasteiger partial charge is 0.378 e. The van der Waals surface area contributed by atoms with Crippen molar-refractivity contribution in [3.8, 4) is 0 Å². The number of rotatable bonds is 10. The highest BCUT2D eigenvalue weighted by atomic mass is 32.2. The normalized spacial score (nSPS) is 16.9. The summed E-state index contributed by atoms with van der Waals surface area (Å²) in [5.41, 5.74) is 5.67. The molecule has 0 atom stereocenters. The van der Waals surface area contributed by atoms with E-state index >= 15 is 0 Å². The van der Waals surface area contributed by atoms with Crippen LogP contribution in [0.15, 0.2) is 4.79 Å². The maximum Gasteiger partial charge on any atom is 0.291 e. The van der Waals surface area contributed by atoms with E-state index in [9.17, 15) is 9.00 Å². The zero-order valence-corrected chi connectivity index (χ0v) is 14.1. The molecule has 1 aromatic heterocycles. The van der Waals surface area contributed by atoms with Crippen LogP contribution in [-0.4, -0.2) is 81.7 Å². The molecule has 0 amide bonds. The molecule has 0 saturated carbocycles. The van der Waals surface area contributed by atoms with E-state index in [-0.39, 0.29) is 5.56 Å². The molecule has 0 bridgehead atoms. The van der Waals surface area contributed by atoms with Crippen LogP contribution >= 0.6 is 0 Å². The van der Waals surface area contributed by atoms with Crippen LogP contribution in [0.5, 0.6) is 0 Å². The highest BCUT2D eigenvalue weighted by molar-refractivity contribution is 7.85. The highest BCUT2D eigenvalue weighted by Gasteiger charge is 2.18. The topological polar surface area (TPSA) is 115 Å². The van der Waals surface area contributed by atoms with Gasteiger partial charge in [0.15, 0.2) is 0 Å². The van der Waals surface area contributed by atoms with Gasteiger partial charge in [-0.3, -0.25) is 13.9 Å². The van der Waals surface area contributed by atoms with Crippen LogP contribution in [0, 0.1) is 0 Å². The van der Waals surface area contributed by atoms with Crippen molar-refractivity contribution in [1.29, 1.82) is 0 Å². The van der Waals surface area contributed by atoms with E-state index in [1.165, 1.54) is 4.68 Å². The van der Waals surface area contributed by atoms with Crippen LogP contribution in [0.2, 0.25) is 0 Å². The summed E-state index contributed by atoms with van der Waals surface area (Å²) in [4.78, 5) is 14.3. The Kier molecular flexibility index (Phi) is 7.89. The number of nitrogens with one attached hydrogen (secondary N) is 1. The van der Waals surface area contributed by atoms with Gasteiger partial charge in [0.2, 0.25) is 0 Å². The van der Waals surface area contributed by atoms with Gasteiger partial charge in [0.1, 0.15) is 5.69 Å². The van der Waals surface area contributed by atoms with Crippen molar-refractivity contribution in [2.75, 3.05) is 57.6 Å². The molecule has 1 aliphatic rings. The second-order valence-corrected chi connectivity index (χ2v) is 6.95. The van der Waals surface area contributed by atoms with Gasteiger partial charge < -0.3 is 15.2 Å². The lowest BCUT2D eigenvalue weighted by atomic mass is 10.4. The van der Waals surface area contributed by atoms with Gasteiger partial charge >= 0.3 is 0 Å². The molecule has 1 aromatic rings. The number of hydrogen-bond donors (Lipinski definition) is 2. The van der Waals surface area contributed by atoms with Gasteiger partial charge in [0.25, 0.3) is 5.56 Å². The quantitative estimate of drug-likeness (QED) is 0.476. The summed E-state index contributed by atoms with van der Waals surface area (Å²) >= 11 is 0. The first-order valence-corrected chi connectivity index (χ1v) is 9.26. The van der Waals surface area contributed by atoms with Crippen LogP contribution in [-0.2, 0) is 33.4 Å². The van der Waals surface area contributed by atoms with E-state index < -0.39 is 10.8 Å². The molecule has 23 heavy (non-hydrogen) atoms. The molecule has 1 fully saturated rings. The Morgan fingerprint density at radius 3 is 2.57 bits per heavy atom. The standard InChI is InChI=1S/C13H25N5O4S/c14-1-5-21-7-8-22-6-2-18-13(19)12(15-16-18)11-17-3-9-23(20)10-4-17/h16H,1-11,14H2. The molecule has 1 saturated heterocycles. The zero-order valence-electron chi connectivity index (χ0n) is 13.2. The van der Waals surface area contributed by atoms with Crippen LogP contribution in [0.25, 0.3) is 0 Å². The first kappa shape index (κ1) is 18.3. The van der Waals surface area contributed by atoms with E-state index in [0.29, 0.717) is 63.3 Å². The molecule has 9 nitrogen and oxygen atoms in total. The van der Waals surface area contributed by atoms with Crippen molar-refractivity contribution >= 4 is 10.8 Å². The van der Waals surface area contributed by atoms with Crippen molar-refractivity contribution in [1.82, 2.24) is 19.9 Å². The minimum absolute atomic E-state index is 0.125. The van der Waals surface area contributed by atoms with Gasteiger partial charge in [-0.15, -0.1) is 0 Å². The average Bonchev–Trinajstić information content (AvgIpc) is 2.89. The van der Waals surface area contributed by atoms with Crippen molar-refractivity contribution < 1.29 is 13.7 Å². The second-order valence-electron chi connectivity index (χ2n) is 5.25. The highest BCUT2D eigenvalue weighted by Crippen LogP contribution is 2.03. The molecular weight excluding hydrogens is 322 g/mol. The van der Waals surface area contributed by atoms with Crippen molar-refractivity contribution in [3.63, 3.8) is 0 Å². The number of H-pyrrole nitrogens is 1. The lowest BCUT2D eigenvalue weighted by Gasteiger charge is -2.24. The van der Waals surface area contributed by atoms with Crippen LogP contribution in [0.3, 0.4) is 0 Å². The van der Waals surface area contributed by atoms with Crippen LogP contribution < -0.4 is 11.3 Å². The molecule has 2 heterocycles. The maximum absolute atomic E-state index is 12.2. The Balaban J connectivity index is 1.69. The average molecular weight is 347 g/mol. The smallest absolute Gasteiger partial charge is 0.291 e. The molecule has 10 heteroatoms. The third kappa shape index (κ3) is 6.15. The third-order valence-corrected chi connectivity index (χ3v) is 4.81. The van der Waals surface area contributed by atoms with Gasteiger partial charge in [-0.25, -0.2) is 9.90 Å². The fourth-order valence-corrected chi connectivity index (χ4v) is 3.36. The summed E-state index contributed by atoms with van der Waals surface area (Å²) in [6, 6.07) is 0. The molecular formula is C13H25N5O4S. The van der Waals surface area contributed by atoms with Gasteiger partial charge in [0, 0.05) is 48.5 Å². The summed E-state index contributed by atoms with van der Waals surface area (Å²) in [6.45, 7) is 4.80. The number of aromatic amines is 1. The molecule has 0 aliphatic carbocycles. The number of nitrogens with two attached hydrogens (primary N) is 1. The minimum atomic E-state index is -0.715. The Hall–Kier alpha value is -1.07. The van der Waals surface area contributed by atoms with Gasteiger partial charge in [-0.2, -0.15) is 5.10 Å². The lowest BCUT2D eigenvalue weighted by Crippen LogP contribution is -2.38. The monoisotopic (exact) mass is 347 g/mol. The van der Waals surface area contributed by atoms with Gasteiger partial charge in [-0.05, 0) is 0 Å². The minimum Gasteiger partial charge on any atom is -0.378 e. The van der Waals surface area contributed by atoms with Crippen molar-refractivity contribution in [2.24, 2.45) is 5.73 Å². The Labute approximate surface area is 137 Å². The number of ether oxygens (including phenoxy) is 2. The summed E-state index contributed by atoms with van der Waals surface area (Å²) < 4.78 is 23.4. The predicted molar refractivity (Wildman–Crippen MR) is 86.7 cm³/mol. The number of nitrogens with zero attached hydrogens (tertiary/aromatic N) is 3. The summed E-state index contributed by atoms with van der Waals surface area (Å²) in [5, 5.41) is 6.81.